The molecule has 1 aliphatic rings. The molecule has 0 radical (unpaired) electrons. The summed E-state index contributed by atoms with van der Waals surface area (Å²) in [6.07, 6.45) is 9.95. The molecular formula is C24H27NO5. The van der Waals surface area contributed by atoms with Crippen LogP contribution in [-0.2, 0) is 10.2 Å². The highest BCUT2D eigenvalue weighted by atomic mass is 16.5. The molecule has 1 aromatic heterocycles. The van der Waals surface area contributed by atoms with Gasteiger partial charge in [0.2, 0.25) is 0 Å². The number of carbonyl (C=O) groups excluding carboxylic acids is 1. The Kier molecular flexibility index (Phi) is 7.00. The highest BCUT2D eigenvalue weighted by molar-refractivity contribution is 5.79. The number of nitrogens with zero attached hydrogens (tertiary/aromatic N) is 1. The maximum absolute atomic E-state index is 11.8. The fourth-order valence-electron chi connectivity index (χ4n) is 3.76. The molecule has 6 heteroatoms. The molecule has 0 fully saturated rings. The van der Waals surface area contributed by atoms with Crippen LogP contribution < -0.4 is 15.4 Å². The van der Waals surface area contributed by atoms with Gasteiger partial charge < -0.3 is 13.9 Å². The van der Waals surface area contributed by atoms with Crippen molar-refractivity contribution in [2.75, 3.05) is 26.4 Å². The number of carbonyl (C=O) groups is 1. The van der Waals surface area contributed by atoms with Crippen molar-refractivity contribution in [3.8, 4) is 5.75 Å². The first-order valence-corrected chi connectivity index (χ1v) is 10.1. The van der Waals surface area contributed by atoms with Crippen LogP contribution in [0.2, 0.25) is 0 Å². The van der Waals surface area contributed by atoms with Crippen molar-refractivity contribution in [3.05, 3.63) is 68.3 Å². The summed E-state index contributed by atoms with van der Waals surface area (Å²) in [6, 6.07) is 5.42. The summed E-state index contributed by atoms with van der Waals surface area (Å²) >= 11 is 0. The number of furan rings is 1. The molecule has 0 saturated heterocycles. The van der Waals surface area contributed by atoms with E-state index < -0.39 is 5.41 Å². The van der Waals surface area contributed by atoms with Gasteiger partial charge in [-0.25, -0.2) is 0 Å². The van der Waals surface area contributed by atoms with Crippen molar-refractivity contribution in [2.45, 2.75) is 32.6 Å². The van der Waals surface area contributed by atoms with E-state index in [1.165, 1.54) is 0 Å². The zero-order valence-electron chi connectivity index (χ0n) is 17.6. The number of benzene rings is 1. The van der Waals surface area contributed by atoms with Gasteiger partial charge in [0.05, 0.1) is 13.2 Å². The van der Waals surface area contributed by atoms with Crippen molar-refractivity contribution in [2.24, 2.45) is 5.18 Å². The second-order valence-electron chi connectivity index (χ2n) is 7.67. The van der Waals surface area contributed by atoms with Gasteiger partial charge in [0.1, 0.15) is 36.4 Å². The Morgan fingerprint density at radius 1 is 1.23 bits per heavy atom. The van der Waals surface area contributed by atoms with Crippen LogP contribution in [0.4, 0.5) is 0 Å². The van der Waals surface area contributed by atoms with Crippen LogP contribution >= 0.6 is 0 Å². The van der Waals surface area contributed by atoms with Crippen LogP contribution in [0.15, 0.2) is 39.9 Å². The van der Waals surface area contributed by atoms with Gasteiger partial charge in [-0.1, -0.05) is 23.4 Å². The third kappa shape index (κ3) is 4.60. The molecule has 0 unspecified atom stereocenters. The maximum Gasteiger partial charge on any atom is 0.150 e. The monoisotopic (exact) mass is 409 g/mol. The summed E-state index contributed by atoms with van der Waals surface area (Å²) < 4.78 is 17.3. The molecular weight excluding hydrogens is 382 g/mol. The Bertz CT molecular complexity index is 1060. The number of rotatable bonds is 10. The van der Waals surface area contributed by atoms with Gasteiger partial charge in [0.15, 0.2) is 0 Å². The zero-order chi connectivity index (χ0) is 21.6. The van der Waals surface area contributed by atoms with Crippen molar-refractivity contribution >= 4 is 18.4 Å². The predicted octanol–water partition coefficient (Wildman–Crippen LogP) is 3.41. The molecule has 1 aliphatic carbocycles. The summed E-state index contributed by atoms with van der Waals surface area (Å²) in [7, 11) is 0. The quantitative estimate of drug-likeness (QED) is 0.341. The molecule has 0 N–H and O–H groups in total. The van der Waals surface area contributed by atoms with E-state index in [1.807, 2.05) is 18.2 Å². The standard InChI is InChI=1S/C24H27NO5/c1-17-20-7-5-4-6-8-22(20)30-23(17)24(2,3)21-15-19(10-9-18(21)16-26)29-14-13-28-12-11-25-27/h4,6-10,15-16H,5,11-14H2,1-3H3. The fraction of sp³-hybridized carbons (Fsp3) is 0.375. The predicted molar refractivity (Wildman–Crippen MR) is 116 cm³/mol. The molecule has 158 valence electrons. The van der Waals surface area contributed by atoms with Gasteiger partial charge in [0.25, 0.3) is 0 Å². The molecule has 0 saturated carbocycles. The molecule has 0 spiro atoms. The van der Waals surface area contributed by atoms with Crippen LogP contribution in [-0.4, -0.2) is 32.7 Å². The first-order valence-electron chi connectivity index (χ1n) is 10.1. The molecule has 1 heterocycles. The van der Waals surface area contributed by atoms with Gasteiger partial charge in [-0.3, -0.25) is 4.79 Å². The Balaban J connectivity index is 1.90. The van der Waals surface area contributed by atoms with Crippen LogP contribution in [0.25, 0.3) is 12.2 Å². The average molecular weight is 409 g/mol. The number of hydrogen-bond donors (Lipinski definition) is 0. The van der Waals surface area contributed by atoms with E-state index in [0.29, 0.717) is 24.5 Å². The van der Waals surface area contributed by atoms with Gasteiger partial charge in [-0.15, -0.1) is 0 Å². The second-order valence-corrected chi connectivity index (χ2v) is 7.67. The Morgan fingerprint density at radius 2 is 2.07 bits per heavy atom. The lowest BCUT2D eigenvalue weighted by Gasteiger charge is -2.26. The fourth-order valence-corrected chi connectivity index (χ4v) is 3.76. The second kappa shape index (κ2) is 9.67. The normalized spacial score (nSPS) is 13.0. The topological polar surface area (TPSA) is 78.1 Å². The third-order valence-corrected chi connectivity index (χ3v) is 5.28. The van der Waals surface area contributed by atoms with E-state index in [4.69, 9.17) is 13.9 Å². The smallest absolute Gasteiger partial charge is 0.150 e. The summed E-state index contributed by atoms with van der Waals surface area (Å²) in [5, 5.41) is 3.85. The van der Waals surface area contributed by atoms with E-state index >= 15 is 0 Å². The van der Waals surface area contributed by atoms with Crippen molar-refractivity contribution in [3.63, 3.8) is 0 Å². The number of ether oxygens (including phenoxy) is 2. The molecule has 0 amide bonds. The molecule has 1 aromatic carbocycles. The van der Waals surface area contributed by atoms with Crippen molar-refractivity contribution in [1.29, 1.82) is 0 Å². The summed E-state index contributed by atoms with van der Waals surface area (Å²) in [5.74, 6) is 1.48. The molecule has 2 aromatic rings. The van der Waals surface area contributed by atoms with E-state index in [-0.39, 0.29) is 13.2 Å². The number of nitroso groups, excluding NO2 is 1. The highest BCUT2D eigenvalue weighted by Gasteiger charge is 2.32. The summed E-state index contributed by atoms with van der Waals surface area (Å²) in [4.78, 5) is 21.8. The minimum atomic E-state index is -0.538. The van der Waals surface area contributed by atoms with E-state index in [1.54, 1.807) is 12.1 Å². The van der Waals surface area contributed by atoms with Crippen molar-refractivity contribution < 1.29 is 18.7 Å². The number of fused-ring (bicyclic) bond motifs is 1. The van der Waals surface area contributed by atoms with Crippen LogP contribution in [0.5, 0.6) is 5.75 Å². The Hall–Kier alpha value is -2.99. The molecule has 0 aliphatic heterocycles. The van der Waals surface area contributed by atoms with Gasteiger partial charge in [-0.2, -0.15) is 4.91 Å². The summed E-state index contributed by atoms with van der Waals surface area (Å²) in [5.41, 5.74) is 2.81. The van der Waals surface area contributed by atoms with Crippen LogP contribution in [0, 0.1) is 11.8 Å². The SMILES string of the molecule is Cc1c(C(C)(C)c2cc(OCCOCCN=O)ccc2C=O)oc2c1=CCC=CC=2. The largest absolute Gasteiger partial charge is 0.491 e. The average Bonchev–Trinajstić information content (AvgIpc) is 2.91. The lowest BCUT2D eigenvalue weighted by atomic mass is 9.78. The lowest BCUT2D eigenvalue weighted by Crippen LogP contribution is -2.23. The van der Waals surface area contributed by atoms with Gasteiger partial charge in [-0.05, 0) is 62.6 Å². The molecule has 0 atom stereocenters. The lowest BCUT2D eigenvalue weighted by molar-refractivity contribution is 0.106. The minimum Gasteiger partial charge on any atom is -0.491 e. The van der Waals surface area contributed by atoms with Gasteiger partial charge in [0, 0.05) is 16.2 Å². The van der Waals surface area contributed by atoms with E-state index in [9.17, 15) is 9.70 Å². The minimum absolute atomic E-state index is 0.128. The Labute approximate surface area is 175 Å². The molecule has 6 nitrogen and oxygen atoms in total. The number of aldehydes is 1. The van der Waals surface area contributed by atoms with Gasteiger partial charge >= 0.3 is 0 Å². The highest BCUT2D eigenvalue weighted by Crippen LogP contribution is 2.36. The Morgan fingerprint density at radius 3 is 2.83 bits per heavy atom. The number of allylic oxidation sites excluding steroid dienone is 2. The van der Waals surface area contributed by atoms with Crippen molar-refractivity contribution in [1.82, 2.24) is 0 Å². The molecule has 30 heavy (non-hydrogen) atoms. The number of hydrogen-bond acceptors (Lipinski definition) is 6. The zero-order valence-corrected chi connectivity index (χ0v) is 17.6. The van der Waals surface area contributed by atoms with E-state index in [0.717, 1.165) is 40.2 Å². The molecule has 0 bridgehead atoms. The maximum atomic E-state index is 11.8. The summed E-state index contributed by atoms with van der Waals surface area (Å²) in [6.45, 7) is 7.26. The third-order valence-electron chi connectivity index (χ3n) is 5.28. The first-order chi connectivity index (χ1) is 14.5. The van der Waals surface area contributed by atoms with Crippen LogP contribution in [0.3, 0.4) is 0 Å². The van der Waals surface area contributed by atoms with E-state index in [2.05, 4.69) is 38.1 Å². The first kappa shape index (κ1) is 21.7. The van der Waals surface area contributed by atoms with Crippen LogP contribution in [0.1, 0.15) is 47.5 Å². The molecule has 3 rings (SSSR count).